The standard InChI is InChI=1S/C21H19N3OS/c1-15-18-5-2-3-6-19(18)26-20(15)21(25)22-13-11-16-7-9-17(10-8-16)24-14-4-12-23-24/h2-10,12,14H,11,13H2,1H3,(H,22,25). The Hall–Kier alpha value is -2.92. The molecule has 2 aromatic heterocycles. The van der Waals surface area contributed by atoms with E-state index in [1.807, 2.05) is 48.1 Å². The number of aromatic nitrogens is 2. The summed E-state index contributed by atoms with van der Waals surface area (Å²) in [5.41, 5.74) is 3.28. The summed E-state index contributed by atoms with van der Waals surface area (Å²) in [6, 6.07) is 18.3. The van der Waals surface area contributed by atoms with Crippen molar-refractivity contribution in [3.8, 4) is 5.69 Å². The SMILES string of the molecule is Cc1c(C(=O)NCCc2ccc(-n3cccn3)cc2)sc2ccccc12. The van der Waals surface area contributed by atoms with E-state index in [1.54, 1.807) is 17.5 Å². The van der Waals surface area contributed by atoms with Crippen molar-refractivity contribution in [2.75, 3.05) is 6.54 Å². The first-order chi connectivity index (χ1) is 12.7. The minimum absolute atomic E-state index is 0.0110. The Morgan fingerprint density at radius 3 is 2.65 bits per heavy atom. The lowest BCUT2D eigenvalue weighted by atomic mass is 10.1. The van der Waals surface area contributed by atoms with Gasteiger partial charge in [0.15, 0.2) is 0 Å². The highest BCUT2D eigenvalue weighted by atomic mass is 32.1. The molecule has 0 aliphatic heterocycles. The molecule has 0 saturated carbocycles. The van der Waals surface area contributed by atoms with Crippen LogP contribution in [-0.2, 0) is 6.42 Å². The highest BCUT2D eigenvalue weighted by Crippen LogP contribution is 2.30. The number of benzene rings is 2. The second-order valence-corrected chi connectivity index (χ2v) is 7.23. The summed E-state index contributed by atoms with van der Waals surface area (Å²) in [4.78, 5) is 13.3. The molecule has 1 N–H and O–H groups in total. The third-order valence-electron chi connectivity index (χ3n) is 4.45. The van der Waals surface area contributed by atoms with E-state index in [0.29, 0.717) is 6.54 Å². The van der Waals surface area contributed by atoms with Crippen LogP contribution in [0.5, 0.6) is 0 Å². The van der Waals surface area contributed by atoms with Crippen LogP contribution < -0.4 is 5.32 Å². The maximum atomic E-state index is 12.5. The number of aryl methyl sites for hydroxylation is 1. The van der Waals surface area contributed by atoms with Crippen LogP contribution in [0.1, 0.15) is 20.8 Å². The fourth-order valence-electron chi connectivity index (χ4n) is 3.03. The van der Waals surface area contributed by atoms with Crippen LogP contribution in [0, 0.1) is 6.92 Å². The number of amides is 1. The van der Waals surface area contributed by atoms with Gasteiger partial charge in [0.25, 0.3) is 5.91 Å². The minimum atomic E-state index is 0.0110. The van der Waals surface area contributed by atoms with Gasteiger partial charge in [0.2, 0.25) is 0 Å². The lowest BCUT2D eigenvalue weighted by molar-refractivity contribution is 0.0957. The molecule has 0 radical (unpaired) electrons. The first-order valence-electron chi connectivity index (χ1n) is 8.57. The van der Waals surface area contributed by atoms with Crippen LogP contribution in [-0.4, -0.2) is 22.2 Å². The number of carbonyl (C=O) groups is 1. The molecule has 4 nitrogen and oxygen atoms in total. The Balaban J connectivity index is 1.38. The van der Waals surface area contributed by atoms with Crippen molar-refractivity contribution in [3.63, 3.8) is 0 Å². The summed E-state index contributed by atoms with van der Waals surface area (Å²) in [5, 5.41) is 8.43. The van der Waals surface area contributed by atoms with E-state index in [1.165, 1.54) is 5.56 Å². The minimum Gasteiger partial charge on any atom is -0.351 e. The normalized spacial score (nSPS) is 11.0. The van der Waals surface area contributed by atoms with Crippen LogP contribution in [0.4, 0.5) is 0 Å². The second-order valence-electron chi connectivity index (χ2n) is 6.18. The zero-order valence-corrected chi connectivity index (χ0v) is 15.3. The molecule has 2 aromatic carbocycles. The Morgan fingerprint density at radius 2 is 1.92 bits per heavy atom. The maximum Gasteiger partial charge on any atom is 0.261 e. The number of fused-ring (bicyclic) bond motifs is 1. The first kappa shape index (κ1) is 16.5. The molecule has 26 heavy (non-hydrogen) atoms. The zero-order valence-electron chi connectivity index (χ0n) is 14.5. The first-order valence-corrected chi connectivity index (χ1v) is 9.39. The smallest absolute Gasteiger partial charge is 0.261 e. The third-order valence-corrected chi connectivity index (χ3v) is 5.73. The predicted molar refractivity (Wildman–Crippen MR) is 106 cm³/mol. The van der Waals surface area contributed by atoms with Crippen molar-refractivity contribution in [2.45, 2.75) is 13.3 Å². The van der Waals surface area contributed by atoms with Crippen LogP contribution in [0.15, 0.2) is 67.0 Å². The van der Waals surface area contributed by atoms with Crippen LogP contribution >= 0.6 is 11.3 Å². The molecular weight excluding hydrogens is 342 g/mol. The molecule has 0 fully saturated rings. The van der Waals surface area contributed by atoms with Gasteiger partial charge < -0.3 is 5.32 Å². The highest BCUT2D eigenvalue weighted by Gasteiger charge is 2.14. The maximum absolute atomic E-state index is 12.5. The summed E-state index contributed by atoms with van der Waals surface area (Å²) in [6.45, 7) is 2.63. The lowest BCUT2D eigenvalue weighted by Gasteiger charge is -2.06. The third kappa shape index (κ3) is 3.26. The van der Waals surface area contributed by atoms with E-state index in [2.05, 4.69) is 34.7 Å². The van der Waals surface area contributed by atoms with Crippen molar-refractivity contribution in [2.24, 2.45) is 0 Å². The number of nitrogens with one attached hydrogen (secondary N) is 1. The molecule has 4 rings (SSSR count). The molecule has 0 unspecified atom stereocenters. The molecule has 130 valence electrons. The fourth-order valence-corrected chi connectivity index (χ4v) is 4.15. The van der Waals surface area contributed by atoms with Gasteiger partial charge >= 0.3 is 0 Å². The molecule has 1 amide bonds. The van der Waals surface area contributed by atoms with Gasteiger partial charge in [-0.2, -0.15) is 5.10 Å². The van der Waals surface area contributed by atoms with E-state index in [4.69, 9.17) is 0 Å². The molecule has 0 atom stereocenters. The Morgan fingerprint density at radius 1 is 1.12 bits per heavy atom. The Labute approximate surface area is 156 Å². The molecule has 2 heterocycles. The number of thiophene rings is 1. The monoisotopic (exact) mass is 361 g/mol. The van der Waals surface area contributed by atoms with E-state index < -0.39 is 0 Å². The number of hydrogen-bond donors (Lipinski definition) is 1. The van der Waals surface area contributed by atoms with Gasteiger partial charge in [0, 0.05) is 23.6 Å². The summed E-state index contributed by atoms with van der Waals surface area (Å²) in [7, 11) is 0. The number of rotatable bonds is 5. The zero-order chi connectivity index (χ0) is 17.9. The Kier molecular flexibility index (Phi) is 4.54. The second kappa shape index (κ2) is 7.14. The van der Waals surface area contributed by atoms with Gasteiger partial charge in [0.1, 0.15) is 0 Å². The van der Waals surface area contributed by atoms with Crippen molar-refractivity contribution in [1.82, 2.24) is 15.1 Å². The molecule has 0 bridgehead atoms. The topological polar surface area (TPSA) is 46.9 Å². The van der Waals surface area contributed by atoms with E-state index in [9.17, 15) is 4.79 Å². The summed E-state index contributed by atoms with van der Waals surface area (Å²) in [6.07, 6.45) is 4.48. The van der Waals surface area contributed by atoms with Gasteiger partial charge in [-0.25, -0.2) is 4.68 Å². The molecule has 0 spiro atoms. The van der Waals surface area contributed by atoms with Crippen LogP contribution in [0.25, 0.3) is 15.8 Å². The summed E-state index contributed by atoms with van der Waals surface area (Å²) >= 11 is 1.56. The quantitative estimate of drug-likeness (QED) is 0.574. The van der Waals surface area contributed by atoms with Crippen molar-refractivity contribution >= 4 is 27.3 Å². The van der Waals surface area contributed by atoms with Gasteiger partial charge in [-0.3, -0.25) is 4.79 Å². The average Bonchev–Trinajstić information content (AvgIpc) is 3.31. The van der Waals surface area contributed by atoms with E-state index >= 15 is 0 Å². The molecule has 0 saturated heterocycles. The highest BCUT2D eigenvalue weighted by molar-refractivity contribution is 7.21. The van der Waals surface area contributed by atoms with Crippen LogP contribution in [0.3, 0.4) is 0 Å². The van der Waals surface area contributed by atoms with Gasteiger partial charge in [-0.05, 0) is 54.1 Å². The van der Waals surface area contributed by atoms with Gasteiger partial charge in [0.05, 0.1) is 10.6 Å². The largest absolute Gasteiger partial charge is 0.351 e. The summed E-state index contributed by atoms with van der Waals surface area (Å²) in [5.74, 6) is 0.0110. The average molecular weight is 361 g/mol. The van der Waals surface area contributed by atoms with Crippen molar-refractivity contribution in [1.29, 1.82) is 0 Å². The van der Waals surface area contributed by atoms with Crippen molar-refractivity contribution in [3.05, 3.63) is 83.0 Å². The van der Waals surface area contributed by atoms with Gasteiger partial charge in [-0.1, -0.05) is 30.3 Å². The number of hydrogen-bond acceptors (Lipinski definition) is 3. The fraction of sp³-hybridized carbons (Fsp3) is 0.143. The van der Waals surface area contributed by atoms with Crippen molar-refractivity contribution < 1.29 is 4.79 Å². The van der Waals surface area contributed by atoms with E-state index in [-0.39, 0.29) is 5.91 Å². The molecular formula is C21H19N3OS. The molecule has 0 aliphatic rings. The number of carbonyl (C=O) groups excluding carboxylic acids is 1. The van der Waals surface area contributed by atoms with Gasteiger partial charge in [-0.15, -0.1) is 11.3 Å². The van der Waals surface area contributed by atoms with Crippen LogP contribution in [0.2, 0.25) is 0 Å². The molecule has 4 aromatic rings. The molecule has 5 heteroatoms. The lowest BCUT2D eigenvalue weighted by Crippen LogP contribution is -2.25. The predicted octanol–water partition coefficient (Wildman–Crippen LogP) is 4.37. The number of nitrogens with zero attached hydrogens (tertiary/aromatic N) is 2. The van der Waals surface area contributed by atoms with E-state index in [0.717, 1.165) is 32.6 Å². The molecule has 0 aliphatic carbocycles. The summed E-state index contributed by atoms with van der Waals surface area (Å²) < 4.78 is 2.99. The Bertz CT molecular complexity index is 1030.